The smallest absolute Gasteiger partial charge is 0.190 e. The summed E-state index contributed by atoms with van der Waals surface area (Å²) in [5.41, 5.74) is 6.04. The number of aromatic amines is 1. The van der Waals surface area contributed by atoms with E-state index in [0.717, 1.165) is 44.0 Å². The monoisotopic (exact) mass is 388 g/mol. The first-order chi connectivity index (χ1) is 14.2. The van der Waals surface area contributed by atoms with Crippen LogP contribution < -0.4 is 10.6 Å². The second kappa shape index (κ2) is 8.82. The van der Waals surface area contributed by atoms with Crippen LogP contribution in [0.25, 0.3) is 21.9 Å². The molecule has 4 rings (SSSR count). The number of fused-ring (bicyclic) bond motifs is 2. The lowest BCUT2D eigenvalue weighted by Crippen LogP contribution is -2.38. The van der Waals surface area contributed by atoms with Crippen molar-refractivity contribution in [3.63, 3.8) is 0 Å². The highest BCUT2D eigenvalue weighted by atomic mass is 15.2. The zero-order valence-electron chi connectivity index (χ0n) is 17.1. The molecule has 0 atom stereocenters. The van der Waals surface area contributed by atoms with Gasteiger partial charge in [0.1, 0.15) is 0 Å². The van der Waals surface area contributed by atoms with Gasteiger partial charge in [0.05, 0.1) is 17.4 Å². The molecule has 6 nitrogen and oxygen atoms in total. The quantitative estimate of drug-likeness (QED) is 0.257. The molecule has 0 radical (unpaired) electrons. The van der Waals surface area contributed by atoms with Crippen molar-refractivity contribution < 1.29 is 0 Å². The second-order valence-electron chi connectivity index (χ2n) is 7.32. The standard InChI is InChI=1S/C23H28N6/c1-17-8-9-19-18(15-27-21(19)14-17)10-12-26-23(24-2)25-11-5-13-29-16-28-20-6-3-4-7-22(20)29/h3-4,6-9,14-16,27H,5,10-13H2,1-2H3,(H2,24,25,26). The van der Waals surface area contributed by atoms with Crippen LogP contribution >= 0.6 is 0 Å². The summed E-state index contributed by atoms with van der Waals surface area (Å²) < 4.78 is 2.20. The van der Waals surface area contributed by atoms with E-state index in [2.05, 4.69) is 73.6 Å². The highest BCUT2D eigenvalue weighted by Gasteiger charge is 2.05. The van der Waals surface area contributed by atoms with Gasteiger partial charge in [-0.2, -0.15) is 0 Å². The van der Waals surface area contributed by atoms with Crippen molar-refractivity contribution in [2.45, 2.75) is 26.3 Å². The van der Waals surface area contributed by atoms with E-state index in [1.165, 1.54) is 27.5 Å². The van der Waals surface area contributed by atoms with Crippen LogP contribution in [0.1, 0.15) is 17.5 Å². The summed E-state index contributed by atoms with van der Waals surface area (Å²) in [5, 5.41) is 8.11. The number of rotatable bonds is 7. The van der Waals surface area contributed by atoms with E-state index < -0.39 is 0 Å². The second-order valence-corrected chi connectivity index (χ2v) is 7.32. The molecule has 150 valence electrons. The van der Waals surface area contributed by atoms with E-state index in [4.69, 9.17) is 0 Å². The summed E-state index contributed by atoms with van der Waals surface area (Å²) in [5.74, 6) is 0.844. The molecule has 0 aliphatic heterocycles. The number of guanidine groups is 1. The minimum Gasteiger partial charge on any atom is -0.361 e. The van der Waals surface area contributed by atoms with E-state index in [-0.39, 0.29) is 0 Å². The fourth-order valence-corrected chi connectivity index (χ4v) is 3.69. The summed E-state index contributed by atoms with van der Waals surface area (Å²) in [6.07, 6.45) is 5.98. The molecule has 0 aliphatic rings. The first-order valence-corrected chi connectivity index (χ1v) is 10.2. The molecule has 4 aromatic rings. The number of hydrogen-bond acceptors (Lipinski definition) is 2. The lowest BCUT2D eigenvalue weighted by Gasteiger charge is -2.12. The predicted molar refractivity (Wildman–Crippen MR) is 120 cm³/mol. The SMILES string of the molecule is CN=C(NCCCn1cnc2ccccc21)NCCc1c[nH]c2cc(C)ccc12. The fourth-order valence-electron chi connectivity index (χ4n) is 3.69. The fraction of sp³-hybridized carbons (Fsp3) is 0.304. The minimum atomic E-state index is 0.840. The molecule has 2 heterocycles. The van der Waals surface area contributed by atoms with Gasteiger partial charge in [0, 0.05) is 43.8 Å². The summed E-state index contributed by atoms with van der Waals surface area (Å²) in [4.78, 5) is 12.1. The first-order valence-electron chi connectivity index (χ1n) is 10.2. The zero-order valence-corrected chi connectivity index (χ0v) is 17.1. The molecule has 0 amide bonds. The minimum absolute atomic E-state index is 0.840. The average molecular weight is 389 g/mol. The maximum Gasteiger partial charge on any atom is 0.190 e. The maximum atomic E-state index is 4.44. The number of nitrogens with one attached hydrogen (secondary N) is 3. The Morgan fingerprint density at radius 3 is 2.90 bits per heavy atom. The van der Waals surface area contributed by atoms with E-state index in [9.17, 15) is 0 Å². The van der Waals surface area contributed by atoms with Crippen LogP contribution in [0.5, 0.6) is 0 Å². The molecule has 0 unspecified atom stereocenters. The Labute approximate surface area is 171 Å². The molecule has 0 spiro atoms. The van der Waals surface area contributed by atoms with Crippen LogP contribution in [0, 0.1) is 6.92 Å². The van der Waals surface area contributed by atoms with Crippen molar-refractivity contribution in [2.75, 3.05) is 20.1 Å². The lowest BCUT2D eigenvalue weighted by atomic mass is 10.1. The van der Waals surface area contributed by atoms with Gasteiger partial charge < -0.3 is 20.2 Å². The van der Waals surface area contributed by atoms with Crippen LogP contribution in [0.15, 0.2) is 60.0 Å². The molecule has 0 bridgehead atoms. The highest BCUT2D eigenvalue weighted by Crippen LogP contribution is 2.19. The number of benzene rings is 2. The largest absolute Gasteiger partial charge is 0.361 e. The van der Waals surface area contributed by atoms with Gasteiger partial charge in [0.2, 0.25) is 0 Å². The normalized spacial score (nSPS) is 12.0. The number of aryl methyl sites for hydroxylation is 2. The van der Waals surface area contributed by atoms with Gasteiger partial charge in [0.15, 0.2) is 5.96 Å². The number of imidazole rings is 1. The number of para-hydroxylation sites is 2. The van der Waals surface area contributed by atoms with Crippen LogP contribution in [0.3, 0.4) is 0 Å². The molecule has 29 heavy (non-hydrogen) atoms. The first kappa shape index (κ1) is 19.1. The number of nitrogens with zero attached hydrogens (tertiary/aromatic N) is 3. The maximum absolute atomic E-state index is 4.44. The van der Waals surface area contributed by atoms with Crippen LogP contribution in [-0.4, -0.2) is 40.6 Å². The molecule has 0 aliphatic carbocycles. The molecule has 0 saturated carbocycles. The van der Waals surface area contributed by atoms with Crippen molar-refractivity contribution in [3.05, 3.63) is 66.1 Å². The average Bonchev–Trinajstić information content (AvgIpc) is 3.33. The van der Waals surface area contributed by atoms with Crippen LogP contribution in [0.2, 0.25) is 0 Å². The van der Waals surface area contributed by atoms with Crippen molar-refractivity contribution in [1.82, 2.24) is 25.2 Å². The van der Waals surface area contributed by atoms with Gasteiger partial charge in [-0.25, -0.2) is 4.98 Å². The van der Waals surface area contributed by atoms with Crippen molar-refractivity contribution in [2.24, 2.45) is 4.99 Å². The van der Waals surface area contributed by atoms with Crippen molar-refractivity contribution in [3.8, 4) is 0 Å². The molecule has 0 saturated heterocycles. The van der Waals surface area contributed by atoms with Crippen LogP contribution in [0.4, 0.5) is 0 Å². The molecule has 2 aromatic carbocycles. The van der Waals surface area contributed by atoms with Crippen molar-refractivity contribution >= 4 is 27.9 Å². The number of aromatic nitrogens is 3. The van der Waals surface area contributed by atoms with Gasteiger partial charge in [-0.15, -0.1) is 0 Å². The van der Waals surface area contributed by atoms with Gasteiger partial charge in [-0.05, 0) is 49.1 Å². The van der Waals surface area contributed by atoms with Crippen molar-refractivity contribution in [1.29, 1.82) is 0 Å². The number of H-pyrrole nitrogens is 1. The summed E-state index contributed by atoms with van der Waals surface area (Å²) in [7, 11) is 1.81. The molecule has 2 aromatic heterocycles. The van der Waals surface area contributed by atoms with Gasteiger partial charge >= 0.3 is 0 Å². The van der Waals surface area contributed by atoms with E-state index in [1.54, 1.807) is 0 Å². The number of aliphatic imine (C=N–C) groups is 1. The Bertz CT molecular complexity index is 1120. The molecule has 3 N–H and O–H groups in total. The van der Waals surface area contributed by atoms with Gasteiger partial charge in [-0.3, -0.25) is 4.99 Å². The zero-order chi connectivity index (χ0) is 20.1. The third kappa shape index (κ3) is 4.42. The summed E-state index contributed by atoms with van der Waals surface area (Å²) >= 11 is 0. The molecule has 6 heteroatoms. The Morgan fingerprint density at radius 1 is 1.14 bits per heavy atom. The summed E-state index contributed by atoms with van der Waals surface area (Å²) in [6.45, 7) is 4.75. The Balaban J connectivity index is 1.22. The Morgan fingerprint density at radius 2 is 2.00 bits per heavy atom. The Hall–Kier alpha value is -3.28. The van der Waals surface area contributed by atoms with E-state index in [1.807, 2.05) is 25.5 Å². The van der Waals surface area contributed by atoms with Gasteiger partial charge in [0.25, 0.3) is 0 Å². The van der Waals surface area contributed by atoms with E-state index in [0.29, 0.717) is 0 Å². The predicted octanol–water partition coefficient (Wildman–Crippen LogP) is 3.62. The third-order valence-electron chi connectivity index (χ3n) is 5.23. The molecule has 0 fully saturated rings. The molecular formula is C23H28N6. The van der Waals surface area contributed by atoms with Gasteiger partial charge in [-0.1, -0.05) is 24.3 Å². The number of hydrogen-bond donors (Lipinski definition) is 3. The molecular weight excluding hydrogens is 360 g/mol. The highest BCUT2D eigenvalue weighted by molar-refractivity contribution is 5.84. The lowest BCUT2D eigenvalue weighted by molar-refractivity contribution is 0.637. The van der Waals surface area contributed by atoms with Crippen LogP contribution in [-0.2, 0) is 13.0 Å². The summed E-state index contributed by atoms with van der Waals surface area (Å²) in [6, 6.07) is 14.8. The Kier molecular flexibility index (Phi) is 5.79. The topological polar surface area (TPSA) is 70.0 Å². The third-order valence-corrected chi connectivity index (χ3v) is 5.23. The van der Waals surface area contributed by atoms with E-state index >= 15 is 0 Å².